The molecule has 9 nitrogen and oxygen atoms in total. The Labute approximate surface area is 210 Å². The van der Waals surface area contributed by atoms with Gasteiger partial charge in [0.1, 0.15) is 0 Å². The second-order valence-corrected chi connectivity index (χ2v) is 11.9. The predicted molar refractivity (Wildman–Crippen MR) is 134 cm³/mol. The maximum absolute atomic E-state index is 12.8. The lowest BCUT2D eigenvalue weighted by atomic mass is 9.52. The average Bonchev–Trinajstić information content (AvgIpc) is 3.52. The van der Waals surface area contributed by atoms with Crippen LogP contribution in [0.25, 0.3) is 17.5 Å². The third kappa shape index (κ3) is 3.84. The van der Waals surface area contributed by atoms with Gasteiger partial charge in [0.15, 0.2) is 0 Å². The first kappa shape index (κ1) is 22.4. The third-order valence-electron chi connectivity index (χ3n) is 9.26. The van der Waals surface area contributed by atoms with Crippen LogP contribution in [0.5, 0.6) is 0 Å². The zero-order valence-corrected chi connectivity index (χ0v) is 20.7. The highest BCUT2D eigenvalue weighted by Crippen LogP contribution is 2.56. The van der Waals surface area contributed by atoms with Gasteiger partial charge in [0.05, 0.1) is 22.5 Å². The van der Waals surface area contributed by atoms with E-state index in [-0.39, 0.29) is 17.8 Å². The lowest BCUT2D eigenvalue weighted by molar-refractivity contribution is -0.129. The Balaban J connectivity index is 1.16. The first-order chi connectivity index (χ1) is 17.4. The lowest BCUT2D eigenvalue weighted by Crippen LogP contribution is -2.59. The topological polar surface area (TPSA) is 116 Å². The second kappa shape index (κ2) is 8.38. The van der Waals surface area contributed by atoms with E-state index in [1.807, 2.05) is 0 Å². The Morgan fingerprint density at radius 3 is 2.72 bits per heavy atom. The summed E-state index contributed by atoms with van der Waals surface area (Å²) in [6, 6.07) is 0.433. The van der Waals surface area contributed by atoms with Crippen LogP contribution >= 0.6 is 0 Å². The van der Waals surface area contributed by atoms with Crippen LogP contribution in [-0.4, -0.2) is 68.9 Å². The van der Waals surface area contributed by atoms with Crippen molar-refractivity contribution in [2.75, 3.05) is 25.5 Å². The van der Waals surface area contributed by atoms with Crippen molar-refractivity contribution < 1.29 is 14.4 Å². The molecule has 0 spiro atoms. The SMILES string of the molecule is CN1CCC(NC(=O)c2noc(-c3cnc4c(c3NC3C5CC6CC3CC(O)(C6)C5)C=CC4)n2)CC1. The number of hydrogen-bond acceptors (Lipinski definition) is 8. The molecule has 8 rings (SSSR count). The van der Waals surface area contributed by atoms with Gasteiger partial charge >= 0.3 is 0 Å². The Morgan fingerprint density at radius 2 is 1.97 bits per heavy atom. The van der Waals surface area contributed by atoms with Crippen LogP contribution in [0.15, 0.2) is 16.8 Å². The number of amides is 1. The quantitative estimate of drug-likeness (QED) is 0.586. The first-order valence-corrected chi connectivity index (χ1v) is 13.4. The molecule has 6 aliphatic rings. The van der Waals surface area contributed by atoms with E-state index in [0.29, 0.717) is 29.7 Å². The summed E-state index contributed by atoms with van der Waals surface area (Å²) in [4.78, 5) is 24.3. The van der Waals surface area contributed by atoms with Crippen LogP contribution in [-0.2, 0) is 6.42 Å². The molecule has 36 heavy (non-hydrogen) atoms. The maximum atomic E-state index is 12.8. The summed E-state index contributed by atoms with van der Waals surface area (Å²) >= 11 is 0. The summed E-state index contributed by atoms with van der Waals surface area (Å²) in [7, 11) is 2.10. The number of anilines is 1. The third-order valence-corrected chi connectivity index (χ3v) is 9.26. The van der Waals surface area contributed by atoms with E-state index in [9.17, 15) is 9.90 Å². The summed E-state index contributed by atoms with van der Waals surface area (Å²) in [5.41, 5.74) is 3.32. The number of carbonyl (C=O) groups is 1. The van der Waals surface area contributed by atoms with Gasteiger partial charge in [0.2, 0.25) is 0 Å². The molecule has 2 atom stereocenters. The smallest absolute Gasteiger partial charge is 0.292 e. The zero-order valence-electron chi connectivity index (χ0n) is 20.7. The zero-order chi connectivity index (χ0) is 24.4. The molecule has 3 N–H and O–H groups in total. The maximum Gasteiger partial charge on any atom is 0.292 e. The van der Waals surface area contributed by atoms with Gasteiger partial charge in [-0.1, -0.05) is 17.3 Å². The fourth-order valence-corrected chi connectivity index (χ4v) is 7.73. The molecular formula is C27H34N6O3. The van der Waals surface area contributed by atoms with Crippen LogP contribution < -0.4 is 10.6 Å². The molecule has 3 heterocycles. The van der Waals surface area contributed by atoms with E-state index in [1.165, 1.54) is 12.8 Å². The van der Waals surface area contributed by atoms with Gasteiger partial charge in [0, 0.05) is 30.3 Å². The van der Waals surface area contributed by atoms with Gasteiger partial charge in [0.25, 0.3) is 17.6 Å². The Kier molecular flexibility index (Phi) is 5.22. The number of rotatable bonds is 5. The van der Waals surface area contributed by atoms with E-state index in [1.54, 1.807) is 6.20 Å². The number of carbonyl (C=O) groups excluding carboxylic acids is 1. The van der Waals surface area contributed by atoms with E-state index in [4.69, 9.17) is 4.52 Å². The number of nitrogens with one attached hydrogen (secondary N) is 2. The molecule has 1 amide bonds. The molecule has 1 aliphatic heterocycles. The van der Waals surface area contributed by atoms with Gasteiger partial charge < -0.3 is 25.2 Å². The number of nitrogens with zero attached hydrogens (tertiary/aromatic N) is 4. The number of likely N-dealkylation sites (tertiary alicyclic amines) is 1. The molecule has 5 aliphatic carbocycles. The fraction of sp³-hybridized carbons (Fsp3) is 0.630. The molecule has 0 radical (unpaired) electrons. The van der Waals surface area contributed by atoms with E-state index in [0.717, 1.165) is 74.1 Å². The van der Waals surface area contributed by atoms with Crippen molar-refractivity contribution >= 4 is 17.7 Å². The van der Waals surface area contributed by atoms with Crippen molar-refractivity contribution in [3.63, 3.8) is 0 Å². The highest BCUT2D eigenvalue weighted by atomic mass is 16.5. The van der Waals surface area contributed by atoms with E-state index >= 15 is 0 Å². The molecule has 5 fully saturated rings. The van der Waals surface area contributed by atoms with Gasteiger partial charge in [-0.15, -0.1) is 0 Å². The molecule has 0 aromatic carbocycles. The van der Waals surface area contributed by atoms with Crippen molar-refractivity contribution in [3.05, 3.63) is 29.4 Å². The molecule has 4 saturated carbocycles. The largest absolute Gasteiger partial charge is 0.390 e. The summed E-state index contributed by atoms with van der Waals surface area (Å²) in [6.07, 6.45) is 13.7. The average molecular weight is 491 g/mol. The number of piperidine rings is 1. The highest BCUT2D eigenvalue weighted by Gasteiger charge is 2.55. The molecule has 9 heteroatoms. The van der Waals surface area contributed by atoms with Gasteiger partial charge in [-0.3, -0.25) is 9.78 Å². The predicted octanol–water partition coefficient (Wildman–Crippen LogP) is 2.88. The van der Waals surface area contributed by atoms with E-state index in [2.05, 4.69) is 49.9 Å². The summed E-state index contributed by atoms with van der Waals surface area (Å²) < 4.78 is 5.63. The van der Waals surface area contributed by atoms with Crippen LogP contribution in [0, 0.1) is 17.8 Å². The highest BCUT2D eigenvalue weighted by molar-refractivity contribution is 5.91. The van der Waals surface area contributed by atoms with Crippen molar-refractivity contribution in [2.24, 2.45) is 17.8 Å². The summed E-state index contributed by atoms with van der Waals surface area (Å²) in [5, 5.41) is 22.0. The van der Waals surface area contributed by atoms with Crippen LogP contribution in [0.2, 0.25) is 0 Å². The van der Waals surface area contributed by atoms with Crippen LogP contribution in [0.3, 0.4) is 0 Å². The van der Waals surface area contributed by atoms with Crippen molar-refractivity contribution in [1.82, 2.24) is 25.3 Å². The van der Waals surface area contributed by atoms with Crippen molar-refractivity contribution in [3.8, 4) is 11.5 Å². The van der Waals surface area contributed by atoms with Gasteiger partial charge in [-0.05, 0) is 82.8 Å². The van der Waals surface area contributed by atoms with Crippen LogP contribution in [0.1, 0.15) is 66.8 Å². The standard InChI is InChI=1S/C27H34N6O3/c1-33-7-5-18(6-8-33)29-25(34)24-31-26(36-32-24)20-14-28-21-4-2-3-19(21)23(20)30-22-16-9-15-10-17(22)13-27(35,11-15)12-16/h2-3,14-18,22,35H,4-13H2,1H3,(H,28,30)(H,29,34). The monoisotopic (exact) mass is 490 g/mol. The second-order valence-electron chi connectivity index (χ2n) is 11.9. The Hall–Kier alpha value is -2.78. The number of aliphatic hydroxyl groups is 1. The molecule has 2 aromatic heterocycles. The number of hydrogen-bond donors (Lipinski definition) is 3. The van der Waals surface area contributed by atoms with Crippen molar-refractivity contribution in [2.45, 2.75) is 69.1 Å². The minimum absolute atomic E-state index is 0.0581. The summed E-state index contributed by atoms with van der Waals surface area (Å²) in [5.74, 6) is 1.64. The minimum atomic E-state index is -0.472. The first-order valence-electron chi connectivity index (χ1n) is 13.4. The minimum Gasteiger partial charge on any atom is -0.390 e. The van der Waals surface area contributed by atoms with E-state index < -0.39 is 5.60 Å². The molecule has 2 aromatic rings. The fourth-order valence-electron chi connectivity index (χ4n) is 7.73. The van der Waals surface area contributed by atoms with Gasteiger partial charge in [-0.2, -0.15) is 4.98 Å². The molecule has 1 saturated heterocycles. The molecule has 2 unspecified atom stereocenters. The molecular weight excluding hydrogens is 456 g/mol. The number of fused-ring (bicyclic) bond motifs is 1. The number of allylic oxidation sites excluding steroid dienone is 1. The van der Waals surface area contributed by atoms with Gasteiger partial charge in [-0.25, -0.2) is 0 Å². The Morgan fingerprint density at radius 1 is 1.19 bits per heavy atom. The Bertz CT molecular complexity index is 1200. The number of pyridine rings is 1. The van der Waals surface area contributed by atoms with Crippen LogP contribution in [0.4, 0.5) is 5.69 Å². The summed E-state index contributed by atoms with van der Waals surface area (Å²) in [6.45, 7) is 1.93. The van der Waals surface area contributed by atoms with Crippen molar-refractivity contribution in [1.29, 1.82) is 0 Å². The molecule has 4 bridgehead atoms. The lowest BCUT2D eigenvalue weighted by Gasteiger charge is -2.58. The normalized spacial score (nSPS) is 33.2. The molecule has 190 valence electrons. The number of aromatic nitrogens is 3.